The first-order chi connectivity index (χ1) is 5.02. The normalized spacial score (nSPS) is 19.4. The minimum absolute atomic E-state index is 0.349. The van der Waals surface area contributed by atoms with Gasteiger partial charge in [0.1, 0.15) is 0 Å². The second-order valence-electron chi connectivity index (χ2n) is 3.17. The van der Waals surface area contributed by atoms with Crippen molar-refractivity contribution in [2.75, 3.05) is 12.3 Å². The molecule has 0 saturated heterocycles. The summed E-state index contributed by atoms with van der Waals surface area (Å²) in [5, 5.41) is 10.1. The Morgan fingerprint density at radius 1 is 1.64 bits per heavy atom. The number of aliphatic hydroxyl groups is 1. The number of hydrogen-bond donors (Lipinski definition) is 2. The summed E-state index contributed by atoms with van der Waals surface area (Å²) in [6.07, 6.45) is 0.780. The fourth-order valence-corrected chi connectivity index (χ4v) is 2.09. The maximum absolute atomic E-state index is 9.58. The fourth-order valence-electron chi connectivity index (χ4n) is 1.05. The molecular formula is C8H19NOS. The van der Waals surface area contributed by atoms with Crippen LogP contribution in [0.15, 0.2) is 0 Å². The van der Waals surface area contributed by atoms with Crippen molar-refractivity contribution in [1.29, 1.82) is 0 Å². The Balaban J connectivity index is 3.64. The van der Waals surface area contributed by atoms with Gasteiger partial charge in [-0.3, -0.25) is 0 Å². The third-order valence-corrected chi connectivity index (χ3v) is 2.69. The van der Waals surface area contributed by atoms with Gasteiger partial charge in [-0.2, -0.15) is 11.8 Å². The Hall–Kier alpha value is 0.270. The van der Waals surface area contributed by atoms with Crippen molar-refractivity contribution >= 4 is 11.8 Å². The van der Waals surface area contributed by atoms with Gasteiger partial charge in [-0.05, 0) is 19.1 Å². The topological polar surface area (TPSA) is 46.2 Å². The highest BCUT2D eigenvalue weighted by Gasteiger charge is 2.20. The van der Waals surface area contributed by atoms with E-state index in [0.717, 1.165) is 12.2 Å². The molecule has 0 aliphatic rings. The van der Waals surface area contributed by atoms with Crippen molar-refractivity contribution in [2.45, 2.75) is 38.0 Å². The number of thioether (sulfide) groups is 1. The molecule has 0 amide bonds. The van der Waals surface area contributed by atoms with E-state index in [1.54, 1.807) is 6.92 Å². The lowest BCUT2D eigenvalue weighted by atomic mass is 10.0. The molecule has 0 spiro atoms. The van der Waals surface area contributed by atoms with E-state index in [1.807, 2.05) is 11.8 Å². The maximum Gasteiger partial charge on any atom is 0.0751 e. The van der Waals surface area contributed by atoms with Gasteiger partial charge in [-0.25, -0.2) is 0 Å². The van der Waals surface area contributed by atoms with Crippen molar-refractivity contribution in [3.63, 3.8) is 0 Å². The summed E-state index contributed by atoms with van der Waals surface area (Å²) in [6.45, 7) is 6.39. The number of rotatable bonds is 5. The quantitative estimate of drug-likeness (QED) is 0.664. The lowest BCUT2D eigenvalue weighted by molar-refractivity contribution is 0.0608. The van der Waals surface area contributed by atoms with Crippen LogP contribution in [-0.4, -0.2) is 28.3 Å². The summed E-state index contributed by atoms with van der Waals surface area (Å²) in [7, 11) is 0. The molecule has 2 nitrogen and oxygen atoms in total. The zero-order valence-corrected chi connectivity index (χ0v) is 8.45. The smallest absolute Gasteiger partial charge is 0.0751 e. The van der Waals surface area contributed by atoms with E-state index in [1.165, 1.54) is 0 Å². The zero-order chi connectivity index (χ0) is 8.91. The molecule has 0 heterocycles. The molecule has 0 fully saturated rings. The largest absolute Gasteiger partial charge is 0.389 e. The predicted octanol–water partition coefficient (Wildman–Crippen LogP) is 1.23. The third kappa shape index (κ3) is 5.53. The monoisotopic (exact) mass is 177 g/mol. The van der Waals surface area contributed by atoms with Gasteiger partial charge >= 0.3 is 0 Å². The second kappa shape index (κ2) is 5.01. The van der Waals surface area contributed by atoms with Crippen LogP contribution < -0.4 is 5.73 Å². The summed E-state index contributed by atoms with van der Waals surface area (Å²) >= 11 is 1.86. The molecule has 0 rings (SSSR count). The van der Waals surface area contributed by atoms with Crippen LogP contribution in [0.1, 0.15) is 27.2 Å². The van der Waals surface area contributed by atoms with Gasteiger partial charge in [-0.1, -0.05) is 13.8 Å². The molecule has 0 bridgehead atoms. The van der Waals surface area contributed by atoms with Crippen molar-refractivity contribution in [3.05, 3.63) is 0 Å². The van der Waals surface area contributed by atoms with Gasteiger partial charge in [0.15, 0.2) is 0 Å². The summed E-state index contributed by atoms with van der Waals surface area (Å²) in [6, 6.07) is 0. The van der Waals surface area contributed by atoms with Crippen LogP contribution >= 0.6 is 11.8 Å². The summed E-state index contributed by atoms with van der Waals surface area (Å²) in [4.78, 5) is 0. The van der Waals surface area contributed by atoms with Crippen molar-refractivity contribution < 1.29 is 5.11 Å². The minimum atomic E-state index is -0.679. The SMILES string of the molecule is CCSC(C)CC(C)(O)CN. The Labute approximate surface area is 73.6 Å². The van der Waals surface area contributed by atoms with Crippen molar-refractivity contribution in [3.8, 4) is 0 Å². The molecule has 0 radical (unpaired) electrons. The molecule has 0 aromatic rings. The van der Waals surface area contributed by atoms with E-state index in [4.69, 9.17) is 5.73 Å². The van der Waals surface area contributed by atoms with E-state index in [9.17, 15) is 5.11 Å². The molecular weight excluding hydrogens is 158 g/mol. The molecule has 0 saturated carbocycles. The highest BCUT2D eigenvalue weighted by molar-refractivity contribution is 7.99. The van der Waals surface area contributed by atoms with Crippen LogP contribution in [0.2, 0.25) is 0 Å². The molecule has 0 aliphatic heterocycles. The minimum Gasteiger partial charge on any atom is -0.389 e. The average Bonchev–Trinajstić information content (AvgIpc) is 1.87. The van der Waals surface area contributed by atoms with Crippen LogP contribution in [0.4, 0.5) is 0 Å². The first-order valence-electron chi connectivity index (χ1n) is 4.06. The number of hydrogen-bond acceptors (Lipinski definition) is 3. The van der Waals surface area contributed by atoms with Crippen LogP contribution in [-0.2, 0) is 0 Å². The van der Waals surface area contributed by atoms with E-state index in [0.29, 0.717) is 11.8 Å². The number of nitrogens with two attached hydrogens (primary N) is 1. The first-order valence-corrected chi connectivity index (χ1v) is 5.10. The highest BCUT2D eigenvalue weighted by atomic mass is 32.2. The summed E-state index contributed by atoms with van der Waals surface area (Å²) in [5.41, 5.74) is 4.71. The summed E-state index contributed by atoms with van der Waals surface area (Å²) < 4.78 is 0. The molecule has 0 aromatic heterocycles. The fraction of sp³-hybridized carbons (Fsp3) is 1.00. The van der Waals surface area contributed by atoms with Crippen molar-refractivity contribution in [1.82, 2.24) is 0 Å². The first kappa shape index (κ1) is 11.3. The van der Waals surface area contributed by atoms with Gasteiger partial charge in [0.05, 0.1) is 5.60 Å². The van der Waals surface area contributed by atoms with Crippen molar-refractivity contribution in [2.24, 2.45) is 5.73 Å². The molecule has 3 N–H and O–H groups in total. The molecule has 0 aliphatic carbocycles. The lowest BCUT2D eigenvalue weighted by Gasteiger charge is -2.24. The Morgan fingerprint density at radius 3 is 2.55 bits per heavy atom. The van der Waals surface area contributed by atoms with Gasteiger partial charge in [0.2, 0.25) is 0 Å². The van der Waals surface area contributed by atoms with E-state index in [-0.39, 0.29) is 0 Å². The molecule has 68 valence electrons. The third-order valence-electron chi connectivity index (χ3n) is 1.62. The molecule has 3 heteroatoms. The standard InChI is InChI=1S/C8H19NOS/c1-4-11-7(2)5-8(3,10)6-9/h7,10H,4-6,9H2,1-3H3. The highest BCUT2D eigenvalue weighted by Crippen LogP contribution is 2.20. The van der Waals surface area contributed by atoms with E-state index in [2.05, 4.69) is 13.8 Å². The van der Waals surface area contributed by atoms with Crippen LogP contribution in [0.5, 0.6) is 0 Å². The lowest BCUT2D eigenvalue weighted by Crippen LogP contribution is -2.36. The van der Waals surface area contributed by atoms with E-state index < -0.39 is 5.60 Å². The van der Waals surface area contributed by atoms with Crippen LogP contribution in [0, 0.1) is 0 Å². The maximum atomic E-state index is 9.58. The zero-order valence-electron chi connectivity index (χ0n) is 7.63. The van der Waals surface area contributed by atoms with Crippen LogP contribution in [0.25, 0.3) is 0 Å². The van der Waals surface area contributed by atoms with Gasteiger partial charge in [-0.15, -0.1) is 0 Å². The molecule has 11 heavy (non-hydrogen) atoms. The van der Waals surface area contributed by atoms with Crippen LogP contribution in [0.3, 0.4) is 0 Å². The average molecular weight is 177 g/mol. The Kier molecular flexibility index (Phi) is 5.13. The van der Waals surface area contributed by atoms with Gasteiger partial charge in [0.25, 0.3) is 0 Å². The van der Waals surface area contributed by atoms with E-state index >= 15 is 0 Å². The summed E-state index contributed by atoms with van der Waals surface area (Å²) in [5.74, 6) is 1.10. The predicted molar refractivity (Wildman–Crippen MR) is 51.9 cm³/mol. The molecule has 2 unspecified atom stereocenters. The Morgan fingerprint density at radius 2 is 2.18 bits per heavy atom. The van der Waals surface area contributed by atoms with Gasteiger partial charge < -0.3 is 10.8 Å². The van der Waals surface area contributed by atoms with Gasteiger partial charge in [0, 0.05) is 11.8 Å². The second-order valence-corrected chi connectivity index (χ2v) is 4.89. The molecule has 2 atom stereocenters. The Bertz CT molecular complexity index is 106. The molecule has 0 aromatic carbocycles.